The zero-order chi connectivity index (χ0) is 28.9. The van der Waals surface area contributed by atoms with E-state index >= 15 is 0 Å². The Morgan fingerprint density at radius 1 is 1.05 bits per heavy atom. The number of benzene rings is 2. The first kappa shape index (κ1) is 29.7. The molecule has 7 N–H and O–H groups in total. The van der Waals surface area contributed by atoms with Gasteiger partial charge in [0.15, 0.2) is 0 Å². The van der Waals surface area contributed by atoms with Gasteiger partial charge in [-0.3, -0.25) is 14.4 Å². The molecule has 2 amide bonds. The molecule has 208 valence electrons. The van der Waals surface area contributed by atoms with Crippen molar-refractivity contribution in [2.75, 3.05) is 38.1 Å². The molecule has 0 spiro atoms. The number of nitrogens with zero attached hydrogens (tertiary/aromatic N) is 2. The Morgan fingerprint density at radius 2 is 1.85 bits per heavy atom. The monoisotopic (exact) mass is 547 g/mol. The first-order valence-electron chi connectivity index (χ1n) is 12.5. The number of nitrogens with two attached hydrogens (primary N) is 2. The second kappa shape index (κ2) is 14.9. The largest absolute Gasteiger partial charge is 0.462 e. The standard InChI is InChI=1S/C28H30FN7O4/c29-20-6-3-4-18(12-20)10-11-33-27-23(8-9-24(36-27)22-7-2-1-5-19(22)13-30)28(39)34-16-21(35-25(37)14-31)17-40-26(38)15-32/h1-9,12,21H,10-11,14-17,31-32H2,(H,33,36)(H,34,39)(H,35,37)/t21-/m1/s1. The van der Waals surface area contributed by atoms with E-state index in [1.807, 2.05) is 0 Å². The molecular formula is C28H30FN7O4. The molecule has 11 nitrogen and oxygen atoms in total. The van der Waals surface area contributed by atoms with Crippen LogP contribution in [0.4, 0.5) is 10.2 Å². The van der Waals surface area contributed by atoms with Crippen LogP contribution in [0.25, 0.3) is 11.3 Å². The average molecular weight is 548 g/mol. The lowest BCUT2D eigenvalue weighted by Gasteiger charge is -2.20. The Hall–Kier alpha value is -4.86. The molecule has 40 heavy (non-hydrogen) atoms. The van der Waals surface area contributed by atoms with E-state index in [1.165, 1.54) is 12.1 Å². The number of pyridine rings is 1. The molecule has 0 radical (unpaired) electrons. The maximum atomic E-state index is 13.6. The summed E-state index contributed by atoms with van der Waals surface area (Å²) < 4.78 is 18.6. The number of aromatic nitrogens is 1. The number of anilines is 1. The number of hydrogen-bond donors (Lipinski definition) is 5. The van der Waals surface area contributed by atoms with Crippen molar-refractivity contribution in [1.29, 1.82) is 5.26 Å². The smallest absolute Gasteiger partial charge is 0.319 e. The molecule has 0 saturated heterocycles. The van der Waals surface area contributed by atoms with E-state index in [1.54, 1.807) is 48.5 Å². The topological polar surface area (TPSA) is 185 Å². The molecule has 1 aromatic heterocycles. The average Bonchev–Trinajstić information content (AvgIpc) is 2.97. The first-order valence-corrected chi connectivity index (χ1v) is 12.5. The number of halogens is 1. The summed E-state index contributed by atoms with van der Waals surface area (Å²) >= 11 is 0. The summed E-state index contributed by atoms with van der Waals surface area (Å²) in [4.78, 5) is 41.1. The van der Waals surface area contributed by atoms with Crippen LogP contribution < -0.4 is 27.4 Å². The Balaban J connectivity index is 1.82. The third-order valence-electron chi connectivity index (χ3n) is 5.73. The van der Waals surface area contributed by atoms with Crippen LogP contribution in [-0.2, 0) is 20.7 Å². The summed E-state index contributed by atoms with van der Waals surface area (Å²) in [5.74, 6) is -1.78. The molecule has 1 heterocycles. The second-order valence-electron chi connectivity index (χ2n) is 8.62. The predicted octanol–water partition coefficient (Wildman–Crippen LogP) is 1.09. The molecule has 0 bridgehead atoms. The Bertz CT molecular complexity index is 1390. The van der Waals surface area contributed by atoms with Gasteiger partial charge in [0, 0.05) is 18.7 Å². The molecule has 0 fully saturated rings. The van der Waals surface area contributed by atoms with E-state index in [0.717, 1.165) is 5.56 Å². The van der Waals surface area contributed by atoms with Gasteiger partial charge < -0.3 is 32.2 Å². The number of hydrogen-bond acceptors (Lipinski definition) is 9. The van der Waals surface area contributed by atoms with Crippen molar-refractivity contribution in [1.82, 2.24) is 15.6 Å². The van der Waals surface area contributed by atoms with Crippen LogP contribution >= 0.6 is 0 Å². The lowest BCUT2D eigenvalue weighted by molar-refractivity contribution is -0.143. The summed E-state index contributed by atoms with van der Waals surface area (Å²) in [5, 5.41) is 17.9. The number of carbonyl (C=O) groups excluding carboxylic acids is 3. The third-order valence-corrected chi connectivity index (χ3v) is 5.73. The van der Waals surface area contributed by atoms with Gasteiger partial charge in [0.25, 0.3) is 5.91 Å². The zero-order valence-electron chi connectivity index (χ0n) is 21.7. The van der Waals surface area contributed by atoms with Gasteiger partial charge in [-0.05, 0) is 42.3 Å². The summed E-state index contributed by atoms with van der Waals surface area (Å²) in [7, 11) is 0. The van der Waals surface area contributed by atoms with Gasteiger partial charge in [0.2, 0.25) is 5.91 Å². The zero-order valence-corrected chi connectivity index (χ0v) is 21.7. The van der Waals surface area contributed by atoms with E-state index < -0.39 is 23.8 Å². The van der Waals surface area contributed by atoms with Crippen molar-refractivity contribution in [2.24, 2.45) is 11.5 Å². The number of rotatable bonds is 13. The lowest BCUT2D eigenvalue weighted by atomic mass is 10.0. The van der Waals surface area contributed by atoms with Crippen molar-refractivity contribution >= 4 is 23.6 Å². The Morgan fingerprint density at radius 3 is 2.58 bits per heavy atom. The molecule has 12 heteroatoms. The number of amides is 2. The van der Waals surface area contributed by atoms with Crippen molar-refractivity contribution in [3.8, 4) is 17.3 Å². The molecule has 3 aromatic rings. The maximum absolute atomic E-state index is 13.6. The van der Waals surface area contributed by atoms with E-state index in [0.29, 0.717) is 29.8 Å². The summed E-state index contributed by atoms with van der Waals surface area (Å²) in [6, 6.07) is 17.7. The minimum absolute atomic E-state index is 0.0792. The summed E-state index contributed by atoms with van der Waals surface area (Å²) in [6.07, 6.45) is 0.458. The molecule has 0 aliphatic rings. The highest BCUT2D eigenvalue weighted by Crippen LogP contribution is 2.25. The number of esters is 1. The SMILES string of the molecule is N#Cc1ccccc1-c1ccc(C(=O)NC[C@H](COC(=O)CN)NC(=O)CN)c(NCCc2cccc(F)c2)n1. The van der Waals surface area contributed by atoms with Gasteiger partial charge in [-0.2, -0.15) is 5.26 Å². The van der Waals surface area contributed by atoms with Gasteiger partial charge >= 0.3 is 5.97 Å². The number of ether oxygens (including phenoxy) is 1. The Kier molecular flexibility index (Phi) is 11.1. The predicted molar refractivity (Wildman–Crippen MR) is 146 cm³/mol. The van der Waals surface area contributed by atoms with E-state index in [4.69, 9.17) is 16.2 Å². The lowest BCUT2D eigenvalue weighted by Crippen LogP contribution is -2.48. The second-order valence-corrected chi connectivity index (χ2v) is 8.62. The fourth-order valence-electron chi connectivity index (χ4n) is 3.75. The van der Waals surface area contributed by atoms with Crippen LogP contribution in [0.5, 0.6) is 0 Å². The maximum Gasteiger partial charge on any atom is 0.319 e. The minimum atomic E-state index is -0.755. The molecule has 1 atom stereocenters. The number of carbonyl (C=O) groups is 3. The fourth-order valence-corrected chi connectivity index (χ4v) is 3.75. The molecule has 0 aliphatic carbocycles. The van der Waals surface area contributed by atoms with Crippen LogP contribution in [0.3, 0.4) is 0 Å². The highest BCUT2D eigenvalue weighted by molar-refractivity contribution is 5.99. The molecule has 0 unspecified atom stereocenters. The van der Waals surface area contributed by atoms with Crippen molar-refractivity contribution < 1.29 is 23.5 Å². The molecule has 0 saturated carbocycles. The summed E-state index contributed by atoms with van der Waals surface area (Å²) in [5.41, 5.74) is 13.1. The van der Waals surface area contributed by atoms with Gasteiger partial charge in [-0.15, -0.1) is 0 Å². The van der Waals surface area contributed by atoms with E-state index in [-0.39, 0.29) is 43.4 Å². The van der Waals surface area contributed by atoms with Crippen LogP contribution in [-0.4, -0.2) is 61.6 Å². The van der Waals surface area contributed by atoms with Crippen molar-refractivity contribution in [3.05, 3.63) is 83.2 Å². The van der Waals surface area contributed by atoms with Gasteiger partial charge in [-0.1, -0.05) is 30.3 Å². The third kappa shape index (κ3) is 8.59. The Labute approximate surface area is 230 Å². The highest BCUT2D eigenvalue weighted by atomic mass is 19.1. The fraction of sp³-hybridized carbons (Fsp3) is 0.250. The molecule has 3 rings (SSSR count). The van der Waals surface area contributed by atoms with Gasteiger partial charge in [0.1, 0.15) is 18.2 Å². The quantitative estimate of drug-likeness (QED) is 0.195. The summed E-state index contributed by atoms with van der Waals surface area (Å²) in [6.45, 7) is -0.580. The van der Waals surface area contributed by atoms with Crippen LogP contribution in [0.2, 0.25) is 0 Å². The number of nitrogens with one attached hydrogen (secondary N) is 3. The van der Waals surface area contributed by atoms with Gasteiger partial charge in [0.05, 0.1) is 42.0 Å². The van der Waals surface area contributed by atoms with Crippen molar-refractivity contribution in [3.63, 3.8) is 0 Å². The normalized spacial score (nSPS) is 11.2. The van der Waals surface area contributed by atoms with E-state index in [9.17, 15) is 24.0 Å². The van der Waals surface area contributed by atoms with Crippen LogP contribution in [0, 0.1) is 17.1 Å². The molecular weight excluding hydrogens is 517 g/mol. The highest BCUT2D eigenvalue weighted by Gasteiger charge is 2.19. The molecule has 2 aromatic carbocycles. The number of nitriles is 1. The first-order chi connectivity index (χ1) is 19.3. The van der Waals surface area contributed by atoms with Crippen molar-refractivity contribution in [2.45, 2.75) is 12.5 Å². The van der Waals surface area contributed by atoms with Crippen LogP contribution in [0.1, 0.15) is 21.5 Å². The molecule has 0 aliphatic heterocycles. The van der Waals surface area contributed by atoms with Gasteiger partial charge in [-0.25, -0.2) is 9.37 Å². The minimum Gasteiger partial charge on any atom is -0.462 e. The van der Waals surface area contributed by atoms with E-state index in [2.05, 4.69) is 27.0 Å². The van der Waals surface area contributed by atoms with Crippen LogP contribution in [0.15, 0.2) is 60.7 Å².